The number of hydrogen-bond acceptors (Lipinski definition) is 2. The molecule has 0 unspecified atom stereocenters. The molecular weight excluding hydrogens is 343 g/mol. The number of halogens is 3. The molecule has 1 aromatic rings. The molecule has 1 aliphatic carbocycles. The zero-order valence-corrected chi connectivity index (χ0v) is 14.8. The highest BCUT2D eigenvalue weighted by molar-refractivity contribution is 5.89. The van der Waals surface area contributed by atoms with Crippen molar-refractivity contribution < 1.29 is 18.0 Å². The number of nitrogens with zero attached hydrogens (tertiary/aromatic N) is 1. The van der Waals surface area contributed by atoms with Gasteiger partial charge in [0.1, 0.15) is 0 Å². The number of likely N-dealkylation sites (tertiary alicyclic amines) is 1. The lowest BCUT2D eigenvalue weighted by Gasteiger charge is -2.36. The summed E-state index contributed by atoms with van der Waals surface area (Å²) in [4.78, 5) is 14.5. The summed E-state index contributed by atoms with van der Waals surface area (Å²) in [5.41, 5.74) is -0.371. The van der Waals surface area contributed by atoms with Crippen molar-refractivity contribution in [3.63, 3.8) is 0 Å². The van der Waals surface area contributed by atoms with Gasteiger partial charge in [-0.15, -0.1) is 0 Å². The second kappa shape index (κ2) is 8.29. The van der Waals surface area contributed by atoms with Crippen LogP contribution < -0.4 is 10.6 Å². The first kappa shape index (κ1) is 19.0. The van der Waals surface area contributed by atoms with E-state index in [2.05, 4.69) is 15.5 Å². The van der Waals surface area contributed by atoms with Gasteiger partial charge in [-0.3, -0.25) is 0 Å². The Balaban J connectivity index is 1.38. The smallest absolute Gasteiger partial charge is 0.338 e. The van der Waals surface area contributed by atoms with Crippen LogP contribution in [-0.2, 0) is 6.18 Å². The van der Waals surface area contributed by atoms with E-state index in [0.29, 0.717) is 18.2 Å². The van der Waals surface area contributed by atoms with E-state index in [-0.39, 0.29) is 6.03 Å². The summed E-state index contributed by atoms with van der Waals surface area (Å²) in [6.07, 6.45) is 3.12. The van der Waals surface area contributed by atoms with Crippen LogP contribution in [0.5, 0.6) is 0 Å². The summed E-state index contributed by atoms with van der Waals surface area (Å²) in [6, 6.07) is 4.85. The second-order valence-electron chi connectivity index (χ2n) is 7.33. The van der Waals surface area contributed by atoms with Crippen molar-refractivity contribution in [1.82, 2.24) is 10.2 Å². The van der Waals surface area contributed by atoms with Gasteiger partial charge in [-0.25, -0.2) is 4.79 Å². The van der Waals surface area contributed by atoms with Gasteiger partial charge in [-0.05, 0) is 69.0 Å². The zero-order chi connectivity index (χ0) is 18.6. The number of nitrogens with one attached hydrogen (secondary N) is 2. The number of amides is 2. The minimum absolute atomic E-state index is 0.353. The predicted molar refractivity (Wildman–Crippen MR) is 95.0 cm³/mol. The third-order valence-electron chi connectivity index (χ3n) is 5.51. The van der Waals surface area contributed by atoms with Crippen molar-refractivity contribution >= 4 is 11.7 Å². The fourth-order valence-corrected chi connectivity index (χ4v) is 3.95. The molecule has 7 heteroatoms. The lowest BCUT2D eigenvalue weighted by Crippen LogP contribution is -2.43. The third kappa shape index (κ3) is 5.13. The molecule has 144 valence electrons. The molecule has 3 rings (SSSR count). The van der Waals surface area contributed by atoms with Crippen molar-refractivity contribution in [3.05, 3.63) is 29.8 Å². The molecule has 1 heterocycles. The van der Waals surface area contributed by atoms with Crippen LogP contribution in [0.15, 0.2) is 24.3 Å². The van der Waals surface area contributed by atoms with Crippen LogP contribution in [0.2, 0.25) is 0 Å². The maximum Gasteiger partial charge on any atom is 0.416 e. The minimum atomic E-state index is -4.37. The van der Waals surface area contributed by atoms with Gasteiger partial charge in [0.25, 0.3) is 0 Å². The molecule has 1 aliphatic heterocycles. The Morgan fingerprint density at radius 1 is 1.04 bits per heavy atom. The highest BCUT2D eigenvalue weighted by Crippen LogP contribution is 2.30. The van der Waals surface area contributed by atoms with Crippen LogP contribution in [0.25, 0.3) is 0 Å². The standard InChI is InChI=1S/C19H26F3N3O/c20-19(21,22)15-5-7-16(8-6-15)24-18(26)23-13-14-9-11-25(12-10-14)17-3-1-2-4-17/h5-8,14,17H,1-4,9-13H2,(H2,23,24,26). The Bertz CT molecular complexity index is 589. The highest BCUT2D eigenvalue weighted by atomic mass is 19.4. The number of benzene rings is 1. The summed E-state index contributed by atoms with van der Waals surface area (Å²) in [7, 11) is 0. The minimum Gasteiger partial charge on any atom is -0.338 e. The van der Waals surface area contributed by atoms with Crippen LogP contribution in [-0.4, -0.2) is 36.6 Å². The predicted octanol–water partition coefficient (Wildman–Crippen LogP) is 4.48. The van der Waals surface area contributed by atoms with E-state index in [0.717, 1.165) is 44.1 Å². The van der Waals surface area contributed by atoms with Gasteiger partial charge in [-0.2, -0.15) is 13.2 Å². The lowest BCUT2D eigenvalue weighted by atomic mass is 9.95. The molecule has 1 saturated carbocycles. The van der Waals surface area contributed by atoms with Gasteiger partial charge < -0.3 is 15.5 Å². The number of hydrogen-bond donors (Lipinski definition) is 2. The number of carbonyl (C=O) groups excluding carboxylic acids is 1. The molecule has 2 N–H and O–H groups in total. The molecule has 2 fully saturated rings. The summed E-state index contributed by atoms with van der Waals surface area (Å²) in [5, 5.41) is 5.43. The van der Waals surface area contributed by atoms with E-state index in [9.17, 15) is 18.0 Å². The maximum atomic E-state index is 12.5. The number of anilines is 1. The second-order valence-corrected chi connectivity index (χ2v) is 7.33. The summed E-state index contributed by atoms with van der Waals surface area (Å²) in [6.45, 7) is 2.79. The largest absolute Gasteiger partial charge is 0.416 e. The molecule has 2 aliphatic rings. The average Bonchev–Trinajstić information content (AvgIpc) is 3.15. The average molecular weight is 369 g/mol. The van der Waals surface area contributed by atoms with E-state index >= 15 is 0 Å². The number of urea groups is 1. The third-order valence-corrected chi connectivity index (χ3v) is 5.51. The van der Waals surface area contributed by atoms with Gasteiger partial charge in [0.2, 0.25) is 0 Å². The topological polar surface area (TPSA) is 44.4 Å². The fourth-order valence-electron chi connectivity index (χ4n) is 3.95. The molecule has 0 bridgehead atoms. The molecule has 0 spiro atoms. The van der Waals surface area contributed by atoms with Crippen molar-refractivity contribution in [2.24, 2.45) is 5.92 Å². The van der Waals surface area contributed by atoms with E-state index < -0.39 is 11.7 Å². The Morgan fingerprint density at radius 3 is 2.23 bits per heavy atom. The van der Waals surface area contributed by atoms with Crippen LogP contribution in [0.4, 0.5) is 23.7 Å². The Hall–Kier alpha value is -1.76. The Morgan fingerprint density at radius 2 is 1.65 bits per heavy atom. The number of alkyl halides is 3. The summed E-state index contributed by atoms with van der Waals surface area (Å²) < 4.78 is 37.6. The van der Waals surface area contributed by atoms with Crippen molar-refractivity contribution in [3.8, 4) is 0 Å². The van der Waals surface area contributed by atoms with Crippen molar-refractivity contribution in [2.45, 2.75) is 50.7 Å². The van der Waals surface area contributed by atoms with Crippen LogP contribution in [0.3, 0.4) is 0 Å². The quantitative estimate of drug-likeness (QED) is 0.822. The number of carbonyl (C=O) groups is 1. The molecule has 1 aromatic carbocycles. The summed E-state index contributed by atoms with van der Waals surface area (Å²) >= 11 is 0. The van der Waals surface area contributed by atoms with Gasteiger partial charge in [-0.1, -0.05) is 12.8 Å². The van der Waals surface area contributed by atoms with Crippen LogP contribution in [0.1, 0.15) is 44.1 Å². The first-order valence-electron chi connectivity index (χ1n) is 9.38. The van der Waals surface area contributed by atoms with E-state index in [1.54, 1.807) is 0 Å². The van der Waals surface area contributed by atoms with Gasteiger partial charge in [0.05, 0.1) is 5.56 Å². The molecular formula is C19H26F3N3O. The molecule has 0 aromatic heterocycles. The van der Waals surface area contributed by atoms with Gasteiger partial charge >= 0.3 is 12.2 Å². The molecule has 4 nitrogen and oxygen atoms in total. The monoisotopic (exact) mass is 369 g/mol. The van der Waals surface area contributed by atoms with Crippen LogP contribution in [0, 0.1) is 5.92 Å². The van der Waals surface area contributed by atoms with Crippen molar-refractivity contribution in [2.75, 3.05) is 25.0 Å². The number of piperidine rings is 1. The first-order valence-corrected chi connectivity index (χ1v) is 9.38. The van der Waals surface area contributed by atoms with Gasteiger partial charge in [0, 0.05) is 18.3 Å². The van der Waals surface area contributed by atoms with E-state index in [1.807, 2.05) is 0 Å². The first-order chi connectivity index (χ1) is 12.4. The molecule has 2 amide bonds. The summed E-state index contributed by atoms with van der Waals surface area (Å²) in [5.74, 6) is 0.464. The molecule has 26 heavy (non-hydrogen) atoms. The van der Waals surface area contributed by atoms with E-state index in [1.165, 1.54) is 37.8 Å². The van der Waals surface area contributed by atoms with E-state index in [4.69, 9.17) is 0 Å². The van der Waals surface area contributed by atoms with Crippen molar-refractivity contribution in [1.29, 1.82) is 0 Å². The zero-order valence-electron chi connectivity index (χ0n) is 14.8. The lowest BCUT2D eigenvalue weighted by molar-refractivity contribution is -0.137. The normalized spacial score (nSPS) is 20.3. The maximum absolute atomic E-state index is 12.5. The Labute approximate surface area is 152 Å². The molecule has 0 radical (unpaired) electrons. The molecule has 0 atom stereocenters. The highest BCUT2D eigenvalue weighted by Gasteiger charge is 2.30. The van der Waals surface area contributed by atoms with Gasteiger partial charge in [0.15, 0.2) is 0 Å². The fraction of sp³-hybridized carbons (Fsp3) is 0.632. The van der Waals surface area contributed by atoms with Crippen LogP contribution >= 0.6 is 0 Å². The Kier molecular flexibility index (Phi) is 6.06. The number of rotatable bonds is 4. The SMILES string of the molecule is O=C(NCC1CCN(C2CCCC2)CC1)Nc1ccc(C(F)(F)F)cc1. The molecule has 1 saturated heterocycles.